The molecule has 7 rings (SSSR count). The molecule has 3 aromatic carbocycles. The summed E-state index contributed by atoms with van der Waals surface area (Å²) in [5, 5.41) is 16.9. The minimum atomic E-state index is -0.776. The van der Waals surface area contributed by atoms with Gasteiger partial charge in [0.05, 0.1) is 11.7 Å². The predicted molar refractivity (Wildman–Crippen MR) is 187 cm³/mol. The highest BCUT2D eigenvalue weighted by Crippen LogP contribution is 2.32. The molecule has 1 aliphatic carbocycles. The minimum absolute atomic E-state index is 0.0613. The Morgan fingerprint density at radius 2 is 1.80 bits per heavy atom. The van der Waals surface area contributed by atoms with Crippen LogP contribution in [-0.4, -0.2) is 70.4 Å². The van der Waals surface area contributed by atoms with Crippen molar-refractivity contribution in [2.45, 2.75) is 57.5 Å². The average Bonchev–Trinajstić information content (AvgIpc) is 3.86. The number of benzene rings is 3. The van der Waals surface area contributed by atoms with Gasteiger partial charge in [-0.2, -0.15) is 5.10 Å². The standard InChI is InChI=1S/C38H43N7O4/c1-22-16-27(38(49)45-15-14-29-20-40-37(48)34(29)45)11-13-31(22)25-6-2-23(3-7-25)17-33(43-35(46)26-8-4-24(19-39)5-9-26)36(47)42-30-12-10-28-21-41-44-32(28)18-30/h2-3,6-7,10-13,16,18,21,24,26,29,33-34H,4-5,8-9,14-15,17,19-20,39H2,1H3,(H,40,48)(H,41,44)(H,42,47)(H,43,46). The van der Waals surface area contributed by atoms with Gasteiger partial charge in [0.15, 0.2) is 0 Å². The number of rotatable bonds is 9. The number of aryl methyl sites for hydroxylation is 1. The molecule has 11 nitrogen and oxygen atoms in total. The lowest BCUT2D eigenvalue weighted by Crippen LogP contribution is -2.48. The van der Waals surface area contributed by atoms with Gasteiger partial charge in [0.2, 0.25) is 17.7 Å². The van der Waals surface area contributed by atoms with Crippen molar-refractivity contribution in [1.82, 2.24) is 25.7 Å². The van der Waals surface area contributed by atoms with E-state index in [0.717, 1.165) is 65.3 Å². The van der Waals surface area contributed by atoms with E-state index >= 15 is 0 Å². The van der Waals surface area contributed by atoms with Crippen LogP contribution in [0.3, 0.4) is 0 Å². The number of nitrogens with zero attached hydrogens (tertiary/aromatic N) is 2. The summed E-state index contributed by atoms with van der Waals surface area (Å²) in [5.41, 5.74) is 11.7. The first-order chi connectivity index (χ1) is 23.8. The molecule has 49 heavy (non-hydrogen) atoms. The van der Waals surface area contributed by atoms with Gasteiger partial charge < -0.3 is 26.6 Å². The van der Waals surface area contributed by atoms with E-state index in [2.05, 4.69) is 26.1 Å². The summed E-state index contributed by atoms with van der Waals surface area (Å²) in [6, 6.07) is 18.0. The number of likely N-dealkylation sites (tertiary alicyclic amines) is 1. The Kier molecular flexibility index (Phi) is 9.18. The van der Waals surface area contributed by atoms with Crippen LogP contribution in [0.4, 0.5) is 5.69 Å². The SMILES string of the molecule is Cc1cc(C(=O)N2CCC3CNC(=O)C32)ccc1-c1ccc(CC(NC(=O)C2CCC(CN)CC2)C(=O)Nc2ccc3cn[nH]c3c2)cc1. The van der Waals surface area contributed by atoms with Gasteiger partial charge in [-0.1, -0.05) is 30.3 Å². The summed E-state index contributed by atoms with van der Waals surface area (Å²) >= 11 is 0. The third-order valence-corrected chi connectivity index (χ3v) is 10.7. The van der Waals surface area contributed by atoms with E-state index in [-0.39, 0.29) is 41.5 Å². The number of nitrogens with two attached hydrogens (primary N) is 1. The second-order valence-electron chi connectivity index (χ2n) is 13.8. The fourth-order valence-electron chi connectivity index (χ4n) is 7.74. The van der Waals surface area contributed by atoms with E-state index in [1.165, 1.54) is 0 Å². The molecule has 3 atom stereocenters. The first kappa shape index (κ1) is 32.5. The highest BCUT2D eigenvalue weighted by atomic mass is 16.2. The van der Waals surface area contributed by atoms with Gasteiger partial charge in [-0.05, 0) is 104 Å². The number of nitrogens with one attached hydrogen (secondary N) is 4. The van der Waals surface area contributed by atoms with Gasteiger partial charge in [0.25, 0.3) is 5.91 Å². The number of carbonyl (C=O) groups is 4. The smallest absolute Gasteiger partial charge is 0.254 e. The van der Waals surface area contributed by atoms with Crippen LogP contribution in [0, 0.1) is 24.7 Å². The second kappa shape index (κ2) is 13.8. The normalized spacial score (nSPS) is 22.4. The molecular formula is C38H43N7O4. The summed E-state index contributed by atoms with van der Waals surface area (Å²) in [6.45, 7) is 3.85. The number of hydrogen-bond donors (Lipinski definition) is 5. The number of aromatic amines is 1. The van der Waals surface area contributed by atoms with Gasteiger partial charge in [-0.15, -0.1) is 0 Å². The van der Waals surface area contributed by atoms with Crippen molar-refractivity contribution in [1.29, 1.82) is 0 Å². The molecule has 6 N–H and O–H groups in total. The highest BCUT2D eigenvalue weighted by molar-refractivity contribution is 6.00. The van der Waals surface area contributed by atoms with Crippen LogP contribution in [0.2, 0.25) is 0 Å². The van der Waals surface area contributed by atoms with Crippen molar-refractivity contribution in [3.63, 3.8) is 0 Å². The number of H-pyrrole nitrogens is 1. The van der Waals surface area contributed by atoms with Crippen LogP contribution >= 0.6 is 0 Å². The van der Waals surface area contributed by atoms with Gasteiger partial charge in [0.1, 0.15) is 12.1 Å². The van der Waals surface area contributed by atoms with E-state index in [1.54, 1.807) is 11.1 Å². The molecular weight excluding hydrogens is 618 g/mol. The van der Waals surface area contributed by atoms with Crippen molar-refractivity contribution in [2.24, 2.45) is 23.5 Å². The van der Waals surface area contributed by atoms with Gasteiger partial charge in [-0.3, -0.25) is 24.3 Å². The Balaban J connectivity index is 1.05. The van der Waals surface area contributed by atoms with Crippen molar-refractivity contribution in [3.05, 3.63) is 83.6 Å². The van der Waals surface area contributed by atoms with Crippen molar-refractivity contribution in [2.75, 3.05) is 25.0 Å². The Morgan fingerprint density at radius 3 is 2.55 bits per heavy atom. The monoisotopic (exact) mass is 661 g/mol. The van der Waals surface area contributed by atoms with Crippen LogP contribution in [0.5, 0.6) is 0 Å². The zero-order valence-electron chi connectivity index (χ0n) is 27.7. The number of anilines is 1. The molecule has 2 aliphatic heterocycles. The molecule has 3 fully saturated rings. The number of hydrogen-bond acceptors (Lipinski definition) is 6. The molecule has 0 bridgehead atoms. The third-order valence-electron chi connectivity index (χ3n) is 10.7. The first-order valence-corrected chi connectivity index (χ1v) is 17.3. The molecule has 4 amide bonds. The third kappa shape index (κ3) is 6.80. The molecule has 1 saturated carbocycles. The molecule has 1 aromatic heterocycles. The molecule has 2 saturated heterocycles. The van der Waals surface area contributed by atoms with E-state index in [4.69, 9.17) is 5.73 Å². The fraction of sp³-hybridized carbons (Fsp3) is 0.395. The predicted octanol–water partition coefficient (Wildman–Crippen LogP) is 3.93. The summed E-state index contributed by atoms with van der Waals surface area (Å²) in [4.78, 5) is 54.5. The summed E-state index contributed by atoms with van der Waals surface area (Å²) in [5.74, 6) is -0.0556. The Bertz CT molecular complexity index is 1880. The molecule has 3 heterocycles. The molecule has 254 valence electrons. The van der Waals surface area contributed by atoms with E-state index in [9.17, 15) is 19.2 Å². The molecule has 4 aromatic rings. The van der Waals surface area contributed by atoms with Crippen LogP contribution in [-0.2, 0) is 20.8 Å². The van der Waals surface area contributed by atoms with Crippen molar-refractivity contribution >= 4 is 40.2 Å². The van der Waals surface area contributed by atoms with Crippen LogP contribution in [0.25, 0.3) is 22.0 Å². The van der Waals surface area contributed by atoms with Crippen molar-refractivity contribution < 1.29 is 19.2 Å². The van der Waals surface area contributed by atoms with E-state index < -0.39 is 6.04 Å². The largest absolute Gasteiger partial charge is 0.354 e. The lowest BCUT2D eigenvalue weighted by atomic mass is 9.81. The number of carbonyl (C=O) groups excluding carboxylic acids is 4. The van der Waals surface area contributed by atoms with E-state index in [1.807, 2.05) is 67.6 Å². The van der Waals surface area contributed by atoms with E-state index in [0.29, 0.717) is 43.2 Å². The van der Waals surface area contributed by atoms with Crippen LogP contribution < -0.4 is 21.7 Å². The van der Waals surface area contributed by atoms with Crippen molar-refractivity contribution in [3.8, 4) is 11.1 Å². The van der Waals surface area contributed by atoms with Crippen LogP contribution in [0.15, 0.2) is 66.9 Å². The average molecular weight is 662 g/mol. The number of aromatic nitrogens is 2. The zero-order chi connectivity index (χ0) is 34.1. The van der Waals surface area contributed by atoms with Gasteiger partial charge in [-0.25, -0.2) is 0 Å². The summed E-state index contributed by atoms with van der Waals surface area (Å²) < 4.78 is 0. The number of fused-ring (bicyclic) bond motifs is 2. The fourth-order valence-corrected chi connectivity index (χ4v) is 7.74. The minimum Gasteiger partial charge on any atom is -0.354 e. The Labute approximate surface area is 285 Å². The maximum atomic E-state index is 13.7. The van der Waals surface area contributed by atoms with Gasteiger partial charge >= 0.3 is 0 Å². The maximum absolute atomic E-state index is 13.7. The molecule has 3 unspecified atom stereocenters. The Hall–Kier alpha value is -5.03. The lowest BCUT2D eigenvalue weighted by Gasteiger charge is -2.28. The molecule has 0 spiro atoms. The summed E-state index contributed by atoms with van der Waals surface area (Å²) in [7, 11) is 0. The zero-order valence-corrected chi connectivity index (χ0v) is 27.7. The molecule has 0 radical (unpaired) electrons. The van der Waals surface area contributed by atoms with Crippen LogP contribution in [0.1, 0.15) is 53.6 Å². The first-order valence-electron chi connectivity index (χ1n) is 17.3. The highest BCUT2D eigenvalue weighted by Gasteiger charge is 2.45. The lowest BCUT2D eigenvalue weighted by molar-refractivity contribution is -0.130. The topological polar surface area (TPSA) is 162 Å². The molecule has 3 aliphatic rings. The summed E-state index contributed by atoms with van der Waals surface area (Å²) in [6.07, 6.45) is 6.25. The number of amides is 4. The quantitative estimate of drug-likeness (QED) is 0.183. The molecule has 11 heteroatoms. The second-order valence-corrected chi connectivity index (χ2v) is 13.8. The maximum Gasteiger partial charge on any atom is 0.254 e. The Morgan fingerprint density at radius 1 is 1.00 bits per heavy atom. The van der Waals surface area contributed by atoms with Gasteiger partial charge in [0, 0.05) is 48.0 Å².